The SMILES string of the molecule is CCOc1cccc2c1nc(CCCl)n2C1CCOCC1. The molecule has 3 rings (SSSR count). The van der Waals surface area contributed by atoms with Crippen molar-refractivity contribution in [2.24, 2.45) is 0 Å². The molecule has 114 valence electrons. The molecule has 0 saturated carbocycles. The Labute approximate surface area is 130 Å². The lowest BCUT2D eigenvalue weighted by molar-refractivity contribution is 0.0699. The van der Waals surface area contributed by atoms with Gasteiger partial charge in [0.15, 0.2) is 0 Å². The van der Waals surface area contributed by atoms with Crippen LogP contribution < -0.4 is 4.74 Å². The smallest absolute Gasteiger partial charge is 0.147 e. The molecular formula is C16H21ClN2O2. The molecule has 0 aliphatic carbocycles. The second kappa shape index (κ2) is 6.67. The average Bonchev–Trinajstić information content (AvgIpc) is 2.88. The van der Waals surface area contributed by atoms with E-state index >= 15 is 0 Å². The Morgan fingerprint density at radius 2 is 2.19 bits per heavy atom. The second-order valence-corrected chi connectivity index (χ2v) is 5.62. The van der Waals surface area contributed by atoms with Crippen molar-refractivity contribution in [1.29, 1.82) is 0 Å². The van der Waals surface area contributed by atoms with Gasteiger partial charge in [0.05, 0.1) is 12.1 Å². The van der Waals surface area contributed by atoms with Crippen LogP contribution in [0, 0.1) is 0 Å². The molecule has 2 aromatic rings. The highest BCUT2D eigenvalue weighted by Gasteiger charge is 2.22. The maximum absolute atomic E-state index is 5.97. The van der Waals surface area contributed by atoms with Crippen LogP contribution in [0.1, 0.15) is 31.6 Å². The zero-order chi connectivity index (χ0) is 14.7. The first-order valence-electron chi connectivity index (χ1n) is 7.61. The molecule has 5 heteroatoms. The Morgan fingerprint density at radius 3 is 2.90 bits per heavy atom. The number of rotatable bonds is 5. The predicted molar refractivity (Wildman–Crippen MR) is 84.4 cm³/mol. The number of ether oxygens (including phenoxy) is 2. The van der Waals surface area contributed by atoms with E-state index in [4.69, 9.17) is 26.1 Å². The molecular weight excluding hydrogens is 288 g/mol. The molecule has 0 spiro atoms. The van der Waals surface area contributed by atoms with Crippen molar-refractivity contribution >= 4 is 22.6 Å². The lowest BCUT2D eigenvalue weighted by atomic mass is 10.1. The number of hydrogen-bond acceptors (Lipinski definition) is 3. The molecule has 2 heterocycles. The molecule has 0 bridgehead atoms. The zero-order valence-electron chi connectivity index (χ0n) is 12.3. The Kier molecular flexibility index (Phi) is 4.66. The summed E-state index contributed by atoms with van der Waals surface area (Å²) in [7, 11) is 0. The van der Waals surface area contributed by atoms with E-state index in [0.29, 0.717) is 18.5 Å². The van der Waals surface area contributed by atoms with Crippen molar-refractivity contribution in [3.05, 3.63) is 24.0 Å². The van der Waals surface area contributed by atoms with E-state index in [2.05, 4.69) is 10.6 Å². The summed E-state index contributed by atoms with van der Waals surface area (Å²) in [4.78, 5) is 4.81. The zero-order valence-corrected chi connectivity index (χ0v) is 13.1. The van der Waals surface area contributed by atoms with Crippen LogP contribution in [-0.2, 0) is 11.2 Å². The van der Waals surface area contributed by atoms with Gasteiger partial charge in [-0.2, -0.15) is 0 Å². The summed E-state index contributed by atoms with van der Waals surface area (Å²) in [6.07, 6.45) is 2.83. The second-order valence-electron chi connectivity index (χ2n) is 5.24. The van der Waals surface area contributed by atoms with E-state index in [1.165, 1.54) is 0 Å². The molecule has 1 aliphatic rings. The minimum atomic E-state index is 0.443. The first kappa shape index (κ1) is 14.7. The maximum atomic E-state index is 5.97. The topological polar surface area (TPSA) is 36.3 Å². The van der Waals surface area contributed by atoms with Gasteiger partial charge in [0, 0.05) is 31.6 Å². The third kappa shape index (κ3) is 2.87. The van der Waals surface area contributed by atoms with Crippen LogP contribution in [0.2, 0.25) is 0 Å². The lowest BCUT2D eigenvalue weighted by Crippen LogP contribution is -2.21. The first-order valence-corrected chi connectivity index (χ1v) is 8.15. The monoisotopic (exact) mass is 308 g/mol. The molecule has 4 nitrogen and oxygen atoms in total. The Hall–Kier alpha value is -1.26. The molecule has 0 N–H and O–H groups in total. The summed E-state index contributed by atoms with van der Waals surface area (Å²) in [5, 5.41) is 0. The van der Waals surface area contributed by atoms with Gasteiger partial charge in [0.25, 0.3) is 0 Å². The summed E-state index contributed by atoms with van der Waals surface area (Å²) in [5.74, 6) is 2.49. The quantitative estimate of drug-likeness (QED) is 0.792. The van der Waals surface area contributed by atoms with Crippen molar-refractivity contribution in [1.82, 2.24) is 9.55 Å². The van der Waals surface area contributed by atoms with E-state index in [0.717, 1.165) is 55.1 Å². The number of nitrogens with zero attached hydrogens (tertiary/aromatic N) is 2. The normalized spacial score (nSPS) is 16.5. The number of hydrogen-bond donors (Lipinski definition) is 0. The fourth-order valence-corrected chi connectivity index (χ4v) is 3.19. The first-order chi connectivity index (χ1) is 10.3. The van der Waals surface area contributed by atoms with Gasteiger partial charge in [-0.15, -0.1) is 11.6 Å². The van der Waals surface area contributed by atoms with E-state index in [9.17, 15) is 0 Å². The molecule has 0 atom stereocenters. The summed E-state index contributed by atoms with van der Waals surface area (Å²) in [6.45, 7) is 4.27. The molecule has 0 amide bonds. The molecule has 1 aromatic carbocycles. The van der Waals surface area contributed by atoms with Gasteiger partial charge in [-0.05, 0) is 31.9 Å². The van der Waals surface area contributed by atoms with Gasteiger partial charge < -0.3 is 14.0 Å². The number of fused-ring (bicyclic) bond motifs is 1. The van der Waals surface area contributed by atoms with Gasteiger partial charge in [-0.3, -0.25) is 0 Å². The molecule has 1 aliphatic heterocycles. The lowest BCUT2D eigenvalue weighted by Gasteiger charge is -2.25. The van der Waals surface area contributed by atoms with Crippen LogP contribution in [0.15, 0.2) is 18.2 Å². The number of aromatic nitrogens is 2. The van der Waals surface area contributed by atoms with Gasteiger partial charge in [-0.25, -0.2) is 4.98 Å². The number of alkyl halides is 1. The van der Waals surface area contributed by atoms with Crippen LogP contribution in [0.4, 0.5) is 0 Å². The Balaban J connectivity index is 2.10. The van der Waals surface area contributed by atoms with E-state index in [-0.39, 0.29) is 0 Å². The standard InChI is InChI=1S/C16H21ClN2O2/c1-2-21-14-5-3-4-13-16(14)18-15(6-9-17)19(13)12-7-10-20-11-8-12/h3-5,12H,2,6-11H2,1H3. The third-order valence-electron chi connectivity index (χ3n) is 3.93. The molecule has 0 unspecified atom stereocenters. The van der Waals surface area contributed by atoms with E-state index in [1.807, 2.05) is 19.1 Å². The highest BCUT2D eigenvalue weighted by Crippen LogP contribution is 2.32. The van der Waals surface area contributed by atoms with E-state index < -0.39 is 0 Å². The van der Waals surface area contributed by atoms with Crippen LogP contribution >= 0.6 is 11.6 Å². The van der Waals surface area contributed by atoms with Gasteiger partial charge in [-0.1, -0.05) is 6.07 Å². The number of imidazole rings is 1. The summed E-state index contributed by atoms with van der Waals surface area (Å²) < 4.78 is 13.6. The molecule has 1 saturated heterocycles. The minimum Gasteiger partial charge on any atom is -0.492 e. The third-order valence-corrected chi connectivity index (χ3v) is 4.12. The van der Waals surface area contributed by atoms with Crippen molar-refractivity contribution < 1.29 is 9.47 Å². The number of benzene rings is 1. The molecule has 1 aromatic heterocycles. The average molecular weight is 309 g/mol. The van der Waals surface area contributed by atoms with Crippen LogP contribution in [0.25, 0.3) is 11.0 Å². The van der Waals surface area contributed by atoms with Crippen LogP contribution in [-0.4, -0.2) is 35.3 Å². The summed E-state index contributed by atoms with van der Waals surface area (Å²) in [5.41, 5.74) is 2.10. The van der Waals surface area contributed by atoms with Crippen molar-refractivity contribution in [2.75, 3.05) is 25.7 Å². The highest BCUT2D eigenvalue weighted by atomic mass is 35.5. The van der Waals surface area contributed by atoms with Gasteiger partial charge in [0.2, 0.25) is 0 Å². The van der Waals surface area contributed by atoms with E-state index in [1.54, 1.807) is 0 Å². The van der Waals surface area contributed by atoms with Crippen molar-refractivity contribution in [3.8, 4) is 5.75 Å². The fraction of sp³-hybridized carbons (Fsp3) is 0.562. The van der Waals surface area contributed by atoms with Crippen LogP contribution in [0.3, 0.4) is 0 Å². The summed E-state index contributed by atoms with van der Waals surface area (Å²) in [6, 6.07) is 6.59. The van der Waals surface area contributed by atoms with Crippen molar-refractivity contribution in [3.63, 3.8) is 0 Å². The van der Waals surface area contributed by atoms with Crippen LogP contribution in [0.5, 0.6) is 5.75 Å². The Morgan fingerprint density at radius 1 is 1.38 bits per heavy atom. The molecule has 21 heavy (non-hydrogen) atoms. The van der Waals surface area contributed by atoms with Gasteiger partial charge >= 0.3 is 0 Å². The maximum Gasteiger partial charge on any atom is 0.147 e. The van der Waals surface area contributed by atoms with Crippen molar-refractivity contribution in [2.45, 2.75) is 32.2 Å². The largest absolute Gasteiger partial charge is 0.492 e. The van der Waals surface area contributed by atoms with Gasteiger partial charge in [0.1, 0.15) is 17.1 Å². The molecule has 1 fully saturated rings. The summed E-state index contributed by atoms with van der Waals surface area (Å²) >= 11 is 5.97. The minimum absolute atomic E-state index is 0.443. The predicted octanol–water partition coefficient (Wildman–Crippen LogP) is 3.57. The number of para-hydroxylation sites is 1. The number of halogens is 1. The molecule has 0 radical (unpaired) electrons. The number of aryl methyl sites for hydroxylation is 1. The fourth-order valence-electron chi connectivity index (χ4n) is 3.02. The highest BCUT2D eigenvalue weighted by molar-refractivity contribution is 6.17. The Bertz CT molecular complexity index is 606.